The number of carbonyl (C=O) groups is 1. The maximum absolute atomic E-state index is 12.1. The molecule has 1 aliphatic rings. The molecule has 1 aliphatic heterocycles. The second kappa shape index (κ2) is 7.97. The molecule has 2 amide bonds. The number of nitrogens with one attached hydrogen (secondary N) is 1. The molecular formula is C18H24N4O2. The fourth-order valence-corrected chi connectivity index (χ4v) is 2.89. The van der Waals surface area contributed by atoms with Gasteiger partial charge in [-0.2, -0.15) is 0 Å². The third-order valence-electron chi connectivity index (χ3n) is 4.34. The van der Waals surface area contributed by atoms with E-state index in [1.807, 2.05) is 35.2 Å². The first-order valence-corrected chi connectivity index (χ1v) is 8.49. The number of likely N-dealkylation sites (N-methyl/N-ethyl adjacent to an activating group) is 1. The Morgan fingerprint density at radius 2 is 2.00 bits per heavy atom. The third kappa shape index (κ3) is 3.94. The van der Waals surface area contributed by atoms with Gasteiger partial charge in [0.1, 0.15) is 17.9 Å². The van der Waals surface area contributed by atoms with Gasteiger partial charge in [0.15, 0.2) is 0 Å². The molecular weight excluding hydrogens is 304 g/mol. The molecule has 1 fully saturated rings. The van der Waals surface area contributed by atoms with E-state index in [0.29, 0.717) is 13.2 Å². The molecule has 24 heavy (non-hydrogen) atoms. The van der Waals surface area contributed by atoms with Crippen LogP contribution >= 0.6 is 0 Å². The van der Waals surface area contributed by atoms with Crippen molar-refractivity contribution < 1.29 is 9.53 Å². The molecule has 0 aliphatic carbocycles. The molecule has 1 aromatic carbocycles. The number of piperazine rings is 1. The monoisotopic (exact) mass is 328 g/mol. The summed E-state index contributed by atoms with van der Waals surface area (Å²) in [6, 6.07) is 9.77. The number of hydrogen-bond donors (Lipinski definition) is 1. The van der Waals surface area contributed by atoms with Crippen molar-refractivity contribution in [3.05, 3.63) is 36.5 Å². The predicted octanol–water partition coefficient (Wildman–Crippen LogP) is 1.96. The van der Waals surface area contributed by atoms with Crippen LogP contribution in [0.1, 0.15) is 6.92 Å². The lowest BCUT2D eigenvalue weighted by atomic mass is 10.2. The van der Waals surface area contributed by atoms with Crippen molar-refractivity contribution in [2.75, 3.05) is 45.9 Å². The number of carbonyl (C=O) groups excluding carboxylic acids is 1. The van der Waals surface area contributed by atoms with Crippen LogP contribution in [0, 0.1) is 0 Å². The van der Waals surface area contributed by atoms with Gasteiger partial charge < -0.3 is 19.9 Å². The highest BCUT2D eigenvalue weighted by Gasteiger charge is 2.19. The van der Waals surface area contributed by atoms with E-state index in [0.717, 1.165) is 49.4 Å². The second-order valence-corrected chi connectivity index (χ2v) is 5.83. The van der Waals surface area contributed by atoms with E-state index in [1.54, 1.807) is 6.20 Å². The average Bonchev–Trinajstić information content (AvgIpc) is 2.65. The summed E-state index contributed by atoms with van der Waals surface area (Å²) < 4.78 is 5.79. The van der Waals surface area contributed by atoms with Crippen molar-refractivity contribution in [1.29, 1.82) is 0 Å². The van der Waals surface area contributed by atoms with Crippen molar-refractivity contribution >= 4 is 16.9 Å². The second-order valence-electron chi connectivity index (χ2n) is 5.83. The number of ether oxygens (including phenoxy) is 1. The van der Waals surface area contributed by atoms with Crippen molar-refractivity contribution in [1.82, 2.24) is 20.1 Å². The Morgan fingerprint density at radius 3 is 2.79 bits per heavy atom. The molecule has 3 rings (SSSR count). The van der Waals surface area contributed by atoms with Gasteiger partial charge >= 0.3 is 6.03 Å². The molecule has 1 N–H and O–H groups in total. The van der Waals surface area contributed by atoms with Gasteiger partial charge in [0.2, 0.25) is 0 Å². The molecule has 2 heterocycles. The summed E-state index contributed by atoms with van der Waals surface area (Å²) in [6.45, 7) is 7.57. The zero-order chi connectivity index (χ0) is 16.8. The first-order valence-electron chi connectivity index (χ1n) is 8.49. The average molecular weight is 328 g/mol. The molecule has 128 valence electrons. The van der Waals surface area contributed by atoms with Crippen molar-refractivity contribution in [2.24, 2.45) is 0 Å². The quantitative estimate of drug-likeness (QED) is 0.853. The molecule has 0 unspecified atom stereocenters. The fourth-order valence-electron chi connectivity index (χ4n) is 2.89. The van der Waals surface area contributed by atoms with Crippen LogP contribution in [0.25, 0.3) is 10.9 Å². The molecule has 2 aromatic rings. The maximum atomic E-state index is 12.1. The molecule has 1 saturated heterocycles. The summed E-state index contributed by atoms with van der Waals surface area (Å²) in [5.41, 5.74) is 0.849. The summed E-state index contributed by atoms with van der Waals surface area (Å²) in [5, 5.41) is 3.98. The lowest BCUT2D eigenvalue weighted by Crippen LogP contribution is -2.52. The highest BCUT2D eigenvalue weighted by atomic mass is 16.5. The Labute approximate surface area is 142 Å². The Kier molecular flexibility index (Phi) is 5.48. The van der Waals surface area contributed by atoms with E-state index >= 15 is 0 Å². The van der Waals surface area contributed by atoms with Crippen LogP contribution in [0.5, 0.6) is 5.75 Å². The Bertz CT molecular complexity index is 678. The number of para-hydroxylation sites is 1. The number of hydrogen-bond acceptors (Lipinski definition) is 4. The summed E-state index contributed by atoms with van der Waals surface area (Å²) in [5.74, 6) is 0.749. The number of fused-ring (bicyclic) bond motifs is 1. The third-order valence-corrected chi connectivity index (χ3v) is 4.34. The first kappa shape index (κ1) is 16.5. The minimum atomic E-state index is -0.00889. The van der Waals surface area contributed by atoms with Crippen LogP contribution in [-0.2, 0) is 0 Å². The highest BCUT2D eigenvalue weighted by Crippen LogP contribution is 2.22. The standard InChI is InChI=1S/C18H24N4O2/c1-2-21-10-12-22(13-11-21)18(23)20-9-14-24-16-7-3-5-15-6-4-8-19-17(15)16/h3-8H,2,9-14H2,1H3,(H,20,23). The van der Waals surface area contributed by atoms with E-state index in [4.69, 9.17) is 4.74 Å². The molecule has 0 atom stereocenters. The topological polar surface area (TPSA) is 57.7 Å². The zero-order valence-corrected chi connectivity index (χ0v) is 14.1. The number of aromatic nitrogens is 1. The van der Waals surface area contributed by atoms with Gasteiger partial charge in [0.25, 0.3) is 0 Å². The predicted molar refractivity (Wildman–Crippen MR) is 94.3 cm³/mol. The maximum Gasteiger partial charge on any atom is 0.317 e. The number of nitrogens with zero attached hydrogens (tertiary/aromatic N) is 3. The van der Waals surface area contributed by atoms with Gasteiger partial charge in [-0.3, -0.25) is 4.98 Å². The minimum Gasteiger partial charge on any atom is -0.489 e. The van der Waals surface area contributed by atoms with Crippen molar-refractivity contribution in [3.63, 3.8) is 0 Å². The normalized spacial score (nSPS) is 15.5. The lowest BCUT2D eigenvalue weighted by molar-refractivity contribution is 0.142. The summed E-state index contributed by atoms with van der Waals surface area (Å²) >= 11 is 0. The van der Waals surface area contributed by atoms with Crippen molar-refractivity contribution in [3.8, 4) is 5.75 Å². The Balaban J connectivity index is 1.44. The lowest BCUT2D eigenvalue weighted by Gasteiger charge is -2.33. The zero-order valence-electron chi connectivity index (χ0n) is 14.1. The number of benzene rings is 1. The minimum absolute atomic E-state index is 0.00889. The van der Waals surface area contributed by atoms with Crippen LogP contribution in [0.2, 0.25) is 0 Å². The Morgan fingerprint density at radius 1 is 1.21 bits per heavy atom. The van der Waals surface area contributed by atoms with Gasteiger partial charge in [-0.15, -0.1) is 0 Å². The molecule has 1 aromatic heterocycles. The smallest absolute Gasteiger partial charge is 0.317 e. The SMILES string of the molecule is CCN1CCN(C(=O)NCCOc2cccc3cccnc23)CC1. The number of amides is 2. The fraction of sp³-hybridized carbons (Fsp3) is 0.444. The van der Waals surface area contributed by atoms with Crippen LogP contribution in [0.3, 0.4) is 0 Å². The van der Waals surface area contributed by atoms with Gasteiger partial charge in [-0.05, 0) is 18.7 Å². The van der Waals surface area contributed by atoms with E-state index in [9.17, 15) is 4.79 Å². The molecule has 6 nitrogen and oxygen atoms in total. The molecule has 0 bridgehead atoms. The van der Waals surface area contributed by atoms with Crippen LogP contribution in [-0.4, -0.2) is 66.7 Å². The van der Waals surface area contributed by atoms with Gasteiger partial charge in [0.05, 0.1) is 6.54 Å². The summed E-state index contributed by atoms with van der Waals surface area (Å²) in [7, 11) is 0. The van der Waals surface area contributed by atoms with Gasteiger partial charge in [0, 0.05) is 37.8 Å². The molecule has 0 spiro atoms. The molecule has 6 heteroatoms. The van der Waals surface area contributed by atoms with Gasteiger partial charge in [-0.1, -0.05) is 25.1 Å². The number of urea groups is 1. The molecule has 0 saturated carbocycles. The van der Waals surface area contributed by atoms with E-state index in [2.05, 4.69) is 22.1 Å². The summed E-state index contributed by atoms with van der Waals surface area (Å²) in [6.07, 6.45) is 1.76. The highest BCUT2D eigenvalue weighted by molar-refractivity contribution is 5.84. The molecule has 0 radical (unpaired) electrons. The van der Waals surface area contributed by atoms with Crippen LogP contribution < -0.4 is 10.1 Å². The largest absolute Gasteiger partial charge is 0.489 e. The van der Waals surface area contributed by atoms with Gasteiger partial charge in [-0.25, -0.2) is 4.79 Å². The van der Waals surface area contributed by atoms with Crippen LogP contribution in [0.15, 0.2) is 36.5 Å². The Hall–Kier alpha value is -2.34. The van der Waals surface area contributed by atoms with Crippen molar-refractivity contribution in [2.45, 2.75) is 6.92 Å². The first-order chi connectivity index (χ1) is 11.8. The number of rotatable bonds is 5. The number of pyridine rings is 1. The van der Waals surface area contributed by atoms with E-state index < -0.39 is 0 Å². The van der Waals surface area contributed by atoms with E-state index in [1.165, 1.54) is 0 Å². The summed E-state index contributed by atoms with van der Waals surface area (Å²) in [4.78, 5) is 20.7. The van der Waals surface area contributed by atoms with E-state index in [-0.39, 0.29) is 6.03 Å². The van der Waals surface area contributed by atoms with Crippen LogP contribution in [0.4, 0.5) is 4.79 Å².